The maximum atomic E-state index is 13.2. The fourth-order valence-electron chi connectivity index (χ4n) is 3.16. The Morgan fingerprint density at radius 1 is 0.889 bits per heavy atom. The minimum absolute atomic E-state index is 0.0491. The minimum Gasteiger partial charge on any atom is -0.411 e. The van der Waals surface area contributed by atoms with E-state index in [4.69, 9.17) is 16.0 Å². The van der Waals surface area contributed by atoms with Gasteiger partial charge in [-0.1, -0.05) is 35.5 Å². The van der Waals surface area contributed by atoms with Crippen LogP contribution in [0.5, 0.6) is 0 Å². The van der Waals surface area contributed by atoms with E-state index in [0.717, 1.165) is 17.3 Å². The molecule has 0 aliphatic carbocycles. The van der Waals surface area contributed by atoms with E-state index >= 15 is 0 Å². The van der Waals surface area contributed by atoms with Crippen LogP contribution in [0.25, 0.3) is 11.5 Å². The Bertz CT molecular complexity index is 1390. The Morgan fingerprint density at radius 3 is 2.06 bits per heavy atom. The average molecular weight is 526 g/mol. The number of nitrogens with zero attached hydrogens (tertiary/aromatic N) is 5. The molecule has 0 N–H and O–H groups in total. The first-order valence-electron chi connectivity index (χ1n) is 10.3. The number of nitro benzene ring substituents is 2. The molecule has 11 nitrogen and oxygen atoms in total. The van der Waals surface area contributed by atoms with Crippen molar-refractivity contribution in [3.63, 3.8) is 0 Å². The SMILES string of the molecule is O=C(CSc1nnc(-c2ccc([N+](=O)[O-])cc2)o1)N(Cc1ccc(Cl)cc1)c1ccc([N+](=O)[O-])cc1. The highest BCUT2D eigenvalue weighted by Gasteiger charge is 2.20. The molecule has 1 aromatic heterocycles. The molecule has 1 heterocycles. The smallest absolute Gasteiger partial charge is 0.277 e. The molecule has 36 heavy (non-hydrogen) atoms. The number of anilines is 1. The molecule has 0 atom stereocenters. The van der Waals surface area contributed by atoms with Crippen LogP contribution in [0.4, 0.5) is 17.1 Å². The van der Waals surface area contributed by atoms with E-state index in [1.165, 1.54) is 53.4 Å². The average Bonchev–Trinajstić information content (AvgIpc) is 3.36. The highest BCUT2D eigenvalue weighted by atomic mass is 35.5. The molecule has 0 saturated carbocycles. The molecule has 13 heteroatoms. The maximum Gasteiger partial charge on any atom is 0.277 e. The summed E-state index contributed by atoms with van der Waals surface area (Å²) >= 11 is 6.99. The Kier molecular flexibility index (Phi) is 7.56. The molecule has 0 fully saturated rings. The van der Waals surface area contributed by atoms with Crippen molar-refractivity contribution < 1.29 is 19.1 Å². The lowest BCUT2D eigenvalue weighted by atomic mass is 10.2. The quantitative estimate of drug-likeness (QED) is 0.156. The Hall–Kier alpha value is -4.29. The molecule has 0 bridgehead atoms. The van der Waals surface area contributed by atoms with E-state index in [0.29, 0.717) is 16.3 Å². The van der Waals surface area contributed by atoms with Crippen molar-refractivity contribution >= 4 is 46.3 Å². The third kappa shape index (κ3) is 6.03. The summed E-state index contributed by atoms with van der Waals surface area (Å²) in [5, 5.41) is 30.4. The molecule has 3 aromatic carbocycles. The number of hydrogen-bond donors (Lipinski definition) is 0. The number of aromatic nitrogens is 2. The van der Waals surface area contributed by atoms with Crippen LogP contribution < -0.4 is 4.90 Å². The van der Waals surface area contributed by atoms with E-state index in [2.05, 4.69) is 10.2 Å². The van der Waals surface area contributed by atoms with E-state index in [1.54, 1.807) is 24.3 Å². The summed E-state index contributed by atoms with van der Waals surface area (Å²) in [6.45, 7) is 0.215. The number of benzene rings is 3. The van der Waals surface area contributed by atoms with E-state index in [9.17, 15) is 25.0 Å². The van der Waals surface area contributed by atoms with Crippen LogP contribution in [0, 0.1) is 20.2 Å². The van der Waals surface area contributed by atoms with Gasteiger partial charge in [0.2, 0.25) is 11.8 Å². The van der Waals surface area contributed by atoms with Crippen LogP contribution in [0.15, 0.2) is 82.4 Å². The molecular formula is C23H16ClN5O6S. The summed E-state index contributed by atoms with van der Waals surface area (Å²) in [4.78, 5) is 35.5. The van der Waals surface area contributed by atoms with Crippen molar-refractivity contribution in [1.82, 2.24) is 10.2 Å². The zero-order chi connectivity index (χ0) is 25.7. The van der Waals surface area contributed by atoms with E-state index in [-0.39, 0.29) is 40.7 Å². The van der Waals surface area contributed by atoms with Crippen LogP contribution in [-0.4, -0.2) is 31.7 Å². The number of carbonyl (C=O) groups is 1. The standard InChI is InChI=1S/C23H16ClN5O6S/c24-17-5-1-15(2-6-17)13-27(18-9-11-20(12-10-18)29(33)34)21(30)14-36-23-26-25-22(35-23)16-3-7-19(8-4-16)28(31)32/h1-12H,13-14H2. The van der Waals surface area contributed by atoms with E-state index < -0.39 is 9.85 Å². The van der Waals surface area contributed by atoms with E-state index in [1.807, 2.05) is 0 Å². The van der Waals surface area contributed by atoms with Crippen molar-refractivity contribution in [2.45, 2.75) is 11.8 Å². The second kappa shape index (κ2) is 11.0. The number of thioether (sulfide) groups is 1. The number of carbonyl (C=O) groups excluding carboxylic acids is 1. The number of non-ortho nitro benzene ring substituents is 2. The highest BCUT2D eigenvalue weighted by molar-refractivity contribution is 7.99. The monoisotopic (exact) mass is 525 g/mol. The number of nitro groups is 2. The van der Waals surface area contributed by atoms with Gasteiger partial charge in [0.25, 0.3) is 16.6 Å². The summed E-state index contributed by atoms with van der Waals surface area (Å²) < 4.78 is 5.59. The molecule has 4 rings (SSSR count). The van der Waals surface area contributed by atoms with Crippen molar-refractivity contribution in [3.8, 4) is 11.5 Å². The first-order chi connectivity index (χ1) is 17.3. The van der Waals surface area contributed by atoms with Gasteiger partial charge >= 0.3 is 0 Å². The largest absolute Gasteiger partial charge is 0.411 e. The van der Waals surface area contributed by atoms with Crippen molar-refractivity contribution in [2.75, 3.05) is 10.7 Å². The molecule has 0 radical (unpaired) electrons. The molecule has 1 amide bonds. The number of hydrogen-bond acceptors (Lipinski definition) is 9. The van der Waals surface area contributed by atoms with Crippen LogP contribution >= 0.6 is 23.4 Å². The first kappa shape index (κ1) is 24.8. The predicted octanol–water partition coefficient (Wildman–Crippen LogP) is 5.53. The second-order valence-corrected chi connectivity index (χ2v) is 8.71. The Labute approximate surface area is 213 Å². The fraction of sp³-hybridized carbons (Fsp3) is 0.0870. The maximum absolute atomic E-state index is 13.2. The lowest BCUT2D eigenvalue weighted by molar-refractivity contribution is -0.385. The lowest BCUT2D eigenvalue weighted by Gasteiger charge is -2.22. The van der Waals surface area contributed by atoms with Crippen LogP contribution in [-0.2, 0) is 11.3 Å². The van der Waals surface area contributed by atoms with Crippen LogP contribution in [0.2, 0.25) is 5.02 Å². The van der Waals surface area contributed by atoms with Gasteiger partial charge in [-0.25, -0.2) is 0 Å². The van der Waals surface area contributed by atoms with Gasteiger partial charge in [-0.05, 0) is 42.0 Å². The lowest BCUT2D eigenvalue weighted by Crippen LogP contribution is -2.31. The summed E-state index contributed by atoms with van der Waals surface area (Å²) in [5.41, 5.74) is 1.65. The van der Waals surface area contributed by atoms with Gasteiger partial charge in [-0.2, -0.15) is 0 Å². The van der Waals surface area contributed by atoms with Gasteiger partial charge in [-0.3, -0.25) is 25.0 Å². The second-order valence-electron chi connectivity index (χ2n) is 7.35. The third-order valence-corrected chi connectivity index (χ3v) is 6.03. The predicted molar refractivity (Wildman–Crippen MR) is 133 cm³/mol. The van der Waals surface area contributed by atoms with Gasteiger partial charge < -0.3 is 9.32 Å². The van der Waals surface area contributed by atoms with Crippen molar-refractivity contribution in [1.29, 1.82) is 0 Å². The molecule has 0 aliphatic rings. The normalized spacial score (nSPS) is 10.7. The number of amides is 1. The first-order valence-corrected chi connectivity index (χ1v) is 11.7. The van der Waals surface area contributed by atoms with Gasteiger partial charge in [0, 0.05) is 40.5 Å². The van der Waals surface area contributed by atoms with Gasteiger partial charge in [0.05, 0.1) is 22.1 Å². The molecule has 4 aromatic rings. The fourth-order valence-corrected chi connectivity index (χ4v) is 3.93. The number of rotatable bonds is 9. The summed E-state index contributed by atoms with van der Waals surface area (Å²) in [7, 11) is 0. The molecular weight excluding hydrogens is 510 g/mol. The molecule has 0 unspecified atom stereocenters. The topological polar surface area (TPSA) is 146 Å². The summed E-state index contributed by atoms with van der Waals surface area (Å²) in [6.07, 6.45) is 0. The van der Waals surface area contributed by atoms with Crippen LogP contribution in [0.3, 0.4) is 0 Å². The molecule has 0 aliphatic heterocycles. The van der Waals surface area contributed by atoms with Gasteiger partial charge in [0.15, 0.2) is 0 Å². The number of halogens is 1. The highest BCUT2D eigenvalue weighted by Crippen LogP contribution is 2.27. The Morgan fingerprint density at radius 2 is 1.47 bits per heavy atom. The zero-order valence-electron chi connectivity index (χ0n) is 18.3. The van der Waals surface area contributed by atoms with Gasteiger partial charge in [-0.15, -0.1) is 10.2 Å². The van der Waals surface area contributed by atoms with Crippen molar-refractivity contribution in [3.05, 3.63) is 104 Å². The summed E-state index contributed by atoms with van der Waals surface area (Å²) in [5.74, 6) is -0.181. The van der Waals surface area contributed by atoms with Gasteiger partial charge in [0.1, 0.15) is 0 Å². The van der Waals surface area contributed by atoms with Crippen molar-refractivity contribution in [2.24, 2.45) is 0 Å². The zero-order valence-corrected chi connectivity index (χ0v) is 19.9. The Balaban J connectivity index is 1.48. The molecule has 0 spiro atoms. The molecule has 182 valence electrons. The summed E-state index contributed by atoms with van der Waals surface area (Å²) in [6, 6.07) is 18.3. The third-order valence-electron chi connectivity index (χ3n) is 4.98. The molecule has 0 saturated heterocycles. The van der Waals surface area contributed by atoms with Crippen LogP contribution in [0.1, 0.15) is 5.56 Å². The minimum atomic E-state index is -0.511.